The summed E-state index contributed by atoms with van der Waals surface area (Å²) < 4.78 is 0. The fraction of sp³-hybridized carbons (Fsp3) is 0.364. The Morgan fingerprint density at radius 2 is 2.29 bits per heavy atom. The molecule has 0 N–H and O–H groups in total. The second-order valence-corrected chi connectivity index (χ2v) is 4.12. The van der Waals surface area contributed by atoms with Crippen LogP contribution in [0.15, 0.2) is 18.2 Å². The molecule has 5 nitrogen and oxygen atoms in total. The third-order valence-electron chi connectivity index (χ3n) is 2.55. The predicted molar refractivity (Wildman–Crippen MR) is 64.6 cm³/mol. The molecule has 1 rings (SSSR count). The lowest BCUT2D eigenvalue weighted by Gasteiger charge is -2.19. The lowest BCUT2D eigenvalue weighted by atomic mass is 10.1. The zero-order chi connectivity index (χ0) is 13.0. The van der Waals surface area contributed by atoms with Gasteiger partial charge in [-0.3, -0.25) is 15.0 Å². The van der Waals surface area contributed by atoms with Crippen LogP contribution >= 0.6 is 11.6 Å². The first-order chi connectivity index (χ1) is 7.97. The zero-order valence-corrected chi connectivity index (χ0v) is 10.3. The molecule has 0 aromatic heterocycles. The number of halogens is 1. The highest BCUT2D eigenvalue weighted by atomic mass is 35.5. The molecule has 0 aliphatic rings. The standard InChI is InChI=1S/C11H12ClN3O2/c1-8(6-13)14(2)7-9-10(12)4-3-5-11(9)15(16)17/h3-5,8H,7H2,1-2H3. The molecule has 90 valence electrons. The fourth-order valence-corrected chi connectivity index (χ4v) is 1.59. The molecule has 1 aromatic rings. The van der Waals surface area contributed by atoms with Gasteiger partial charge in [0.25, 0.3) is 5.69 Å². The second kappa shape index (κ2) is 5.62. The molecular formula is C11H12ClN3O2. The van der Waals surface area contributed by atoms with Crippen LogP contribution in [0.3, 0.4) is 0 Å². The normalized spacial score (nSPS) is 12.2. The molecule has 1 aromatic carbocycles. The van der Waals surface area contributed by atoms with E-state index in [0.29, 0.717) is 10.6 Å². The van der Waals surface area contributed by atoms with Crippen LogP contribution in [0.2, 0.25) is 5.02 Å². The van der Waals surface area contributed by atoms with Gasteiger partial charge < -0.3 is 0 Å². The van der Waals surface area contributed by atoms with E-state index in [9.17, 15) is 10.1 Å². The van der Waals surface area contributed by atoms with E-state index in [1.54, 1.807) is 24.9 Å². The van der Waals surface area contributed by atoms with Gasteiger partial charge in [-0.1, -0.05) is 17.7 Å². The quantitative estimate of drug-likeness (QED) is 0.611. The number of nitrogens with zero attached hydrogens (tertiary/aromatic N) is 3. The van der Waals surface area contributed by atoms with Crippen molar-refractivity contribution >= 4 is 17.3 Å². The minimum atomic E-state index is -0.466. The van der Waals surface area contributed by atoms with Crippen molar-refractivity contribution in [1.29, 1.82) is 5.26 Å². The van der Waals surface area contributed by atoms with Gasteiger partial charge in [0.15, 0.2) is 0 Å². The van der Waals surface area contributed by atoms with Crippen molar-refractivity contribution in [2.24, 2.45) is 0 Å². The summed E-state index contributed by atoms with van der Waals surface area (Å²) >= 11 is 5.95. The van der Waals surface area contributed by atoms with Crippen LogP contribution in [0.5, 0.6) is 0 Å². The predicted octanol–water partition coefficient (Wildman–Crippen LogP) is 2.59. The van der Waals surface area contributed by atoms with Gasteiger partial charge in [-0.2, -0.15) is 5.26 Å². The molecule has 1 atom stereocenters. The Balaban J connectivity index is 3.06. The van der Waals surface area contributed by atoms with E-state index in [1.807, 2.05) is 0 Å². The van der Waals surface area contributed by atoms with Gasteiger partial charge in [0.05, 0.1) is 27.6 Å². The molecule has 1 unspecified atom stereocenters. The van der Waals surface area contributed by atoms with Gasteiger partial charge in [0.2, 0.25) is 0 Å². The Morgan fingerprint density at radius 1 is 1.65 bits per heavy atom. The van der Waals surface area contributed by atoms with Crippen molar-refractivity contribution in [2.45, 2.75) is 19.5 Å². The number of hydrogen-bond acceptors (Lipinski definition) is 4. The molecule has 0 bridgehead atoms. The Bertz CT molecular complexity index is 470. The molecule has 0 radical (unpaired) electrons. The number of hydrogen-bond donors (Lipinski definition) is 0. The summed E-state index contributed by atoms with van der Waals surface area (Å²) in [6.45, 7) is 1.99. The van der Waals surface area contributed by atoms with E-state index < -0.39 is 4.92 Å². The molecule has 0 saturated carbocycles. The number of nitriles is 1. The highest BCUT2D eigenvalue weighted by Gasteiger charge is 2.19. The topological polar surface area (TPSA) is 70.2 Å². The van der Waals surface area contributed by atoms with E-state index in [0.717, 1.165) is 0 Å². The molecule has 6 heteroatoms. The number of nitro groups is 1. The van der Waals surface area contributed by atoms with Gasteiger partial charge in [0, 0.05) is 12.6 Å². The SMILES string of the molecule is CC(C#N)N(C)Cc1c(Cl)cccc1[N+](=O)[O-]. The molecule has 0 aliphatic heterocycles. The molecule has 0 spiro atoms. The van der Waals surface area contributed by atoms with E-state index in [-0.39, 0.29) is 18.3 Å². The average molecular weight is 254 g/mol. The number of rotatable bonds is 4. The van der Waals surface area contributed by atoms with E-state index in [2.05, 4.69) is 6.07 Å². The summed E-state index contributed by atoms with van der Waals surface area (Å²) in [5.74, 6) is 0. The minimum Gasteiger partial charge on any atom is -0.287 e. The van der Waals surface area contributed by atoms with Crippen LogP contribution in [0.25, 0.3) is 0 Å². The van der Waals surface area contributed by atoms with Crippen LogP contribution in [-0.4, -0.2) is 22.9 Å². The number of benzene rings is 1. The molecular weight excluding hydrogens is 242 g/mol. The van der Waals surface area contributed by atoms with Gasteiger partial charge in [0.1, 0.15) is 0 Å². The van der Waals surface area contributed by atoms with Crippen molar-refractivity contribution in [3.8, 4) is 6.07 Å². The fourth-order valence-electron chi connectivity index (χ4n) is 1.36. The van der Waals surface area contributed by atoms with Crippen molar-refractivity contribution in [1.82, 2.24) is 4.90 Å². The van der Waals surface area contributed by atoms with Crippen LogP contribution in [0.1, 0.15) is 12.5 Å². The highest BCUT2D eigenvalue weighted by molar-refractivity contribution is 6.31. The molecule has 0 amide bonds. The maximum atomic E-state index is 10.9. The van der Waals surface area contributed by atoms with Gasteiger partial charge >= 0.3 is 0 Å². The molecule has 17 heavy (non-hydrogen) atoms. The van der Waals surface area contributed by atoms with Crippen molar-refractivity contribution < 1.29 is 4.92 Å². The Hall–Kier alpha value is -1.64. The largest absolute Gasteiger partial charge is 0.287 e. The van der Waals surface area contributed by atoms with E-state index >= 15 is 0 Å². The first-order valence-electron chi connectivity index (χ1n) is 4.99. The molecule has 0 fully saturated rings. The third-order valence-corrected chi connectivity index (χ3v) is 2.90. The van der Waals surface area contributed by atoms with Crippen molar-refractivity contribution in [3.63, 3.8) is 0 Å². The highest BCUT2D eigenvalue weighted by Crippen LogP contribution is 2.27. The smallest absolute Gasteiger partial charge is 0.275 e. The van der Waals surface area contributed by atoms with Gasteiger partial charge in [-0.25, -0.2) is 0 Å². The van der Waals surface area contributed by atoms with Crippen molar-refractivity contribution in [2.75, 3.05) is 7.05 Å². The molecule has 0 heterocycles. The first-order valence-corrected chi connectivity index (χ1v) is 5.36. The van der Waals surface area contributed by atoms with Crippen molar-refractivity contribution in [3.05, 3.63) is 38.9 Å². The number of nitro benzene ring substituents is 1. The lowest BCUT2D eigenvalue weighted by Crippen LogP contribution is -2.27. The monoisotopic (exact) mass is 253 g/mol. The average Bonchev–Trinajstić information content (AvgIpc) is 2.30. The van der Waals surface area contributed by atoms with Crippen LogP contribution in [0.4, 0.5) is 5.69 Å². The van der Waals surface area contributed by atoms with E-state index in [1.165, 1.54) is 12.1 Å². The Labute approximate surface area is 104 Å². The summed E-state index contributed by atoms with van der Waals surface area (Å²) in [7, 11) is 1.72. The lowest BCUT2D eigenvalue weighted by molar-refractivity contribution is -0.385. The summed E-state index contributed by atoms with van der Waals surface area (Å²) in [6, 6.07) is 6.29. The molecule has 0 saturated heterocycles. The van der Waals surface area contributed by atoms with Crippen LogP contribution < -0.4 is 0 Å². The van der Waals surface area contributed by atoms with Gasteiger partial charge in [-0.15, -0.1) is 0 Å². The second-order valence-electron chi connectivity index (χ2n) is 3.71. The minimum absolute atomic E-state index is 0.0190. The maximum absolute atomic E-state index is 10.9. The third kappa shape index (κ3) is 3.16. The Kier molecular flexibility index (Phi) is 4.44. The maximum Gasteiger partial charge on any atom is 0.275 e. The Morgan fingerprint density at radius 3 is 2.82 bits per heavy atom. The zero-order valence-electron chi connectivity index (χ0n) is 9.55. The van der Waals surface area contributed by atoms with Crippen LogP contribution in [-0.2, 0) is 6.54 Å². The van der Waals surface area contributed by atoms with Crippen LogP contribution in [0, 0.1) is 21.4 Å². The first kappa shape index (κ1) is 13.4. The summed E-state index contributed by atoms with van der Waals surface area (Å²) in [4.78, 5) is 12.1. The van der Waals surface area contributed by atoms with Gasteiger partial charge in [-0.05, 0) is 20.0 Å². The summed E-state index contributed by atoms with van der Waals surface area (Å²) in [6.07, 6.45) is 0. The summed E-state index contributed by atoms with van der Waals surface area (Å²) in [5, 5.41) is 20.0. The summed E-state index contributed by atoms with van der Waals surface area (Å²) in [5.41, 5.74) is 0.415. The van der Waals surface area contributed by atoms with E-state index in [4.69, 9.17) is 16.9 Å². The molecule has 0 aliphatic carbocycles.